The Balaban J connectivity index is 1.75. The summed E-state index contributed by atoms with van der Waals surface area (Å²) in [7, 11) is 1.76. The van der Waals surface area contributed by atoms with Gasteiger partial charge in [-0.1, -0.05) is 30.3 Å². The van der Waals surface area contributed by atoms with E-state index in [4.69, 9.17) is 0 Å². The van der Waals surface area contributed by atoms with E-state index in [1.54, 1.807) is 11.9 Å². The molecule has 110 valence electrons. The number of benzene rings is 1. The summed E-state index contributed by atoms with van der Waals surface area (Å²) in [6, 6.07) is 13.0. The van der Waals surface area contributed by atoms with E-state index in [1.807, 2.05) is 18.2 Å². The predicted molar refractivity (Wildman–Crippen MR) is 80.5 cm³/mol. The summed E-state index contributed by atoms with van der Waals surface area (Å²) in [6.07, 6.45) is 4.26. The number of hydrogen-bond acceptors (Lipinski definition) is 2. The van der Waals surface area contributed by atoms with Crippen LogP contribution in [0.1, 0.15) is 28.8 Å². The number of carbonyl (C=O) groups excluding carboxylic acids is 1. The van der Waals surface area contributed by atoms with Crippen molar-refractivity contribution in [2.24, 2.45) is 0 Å². The van der Waals surface area contributed by atoms with Crippen LogP contribution in [0.4, 0.5) is 4.39 Å². The van der Waals surface area contributed by atoms with Gasteiger partial charge in [0, 0.05) is 19.8 Å². The molecule has 1 heterocycles. The standard InChI is InChI=1S/C17H19FN2O/c1-20(17(21)15-10-11-16(18)19-13-15)12-6-5-9-14-7-3-2-4-8-14/h2-4,7-8,10-11,13H,5-6,9,12H2,1H3. The first-order valence-electron chi connectivity index (χ1n) is 7.08. The molecular formula is C17H19FN2O. The average molecular weight is 286 g/mol. The highest BCUT2D eigenvalue weighted by atomic mass is 19.1. The van der Waals surface area contributed by atoms with E-state index < -0.39 is 5.95 Å². The van der Waals surface area contributed by atoms with Gasteiger partial charge in [0.25, 0.3) is 5.91 Å². The van der Waals surface area contributed by atoms with Gasteiger partial charge in [0.05, 0.1) is 5.56 Å². The fourth-order valence-electron chi connectivity index (χ4n) is 2.15. The molecule has 1 aromatic carbocycles. The van der Waals surface area contributed by atoms with Crippen LogP contribution in [0.25, 0.3) is 0 Å². The maximum absolute atomic E-state index is 12.7. The Morgan fingerprint density at radius 3 is 2.57 bits per heavy atom. The van der Waals surface area contributed by atoms with Crippen molar-refractivity contribution in [2.45, 2.75) is 19.3 Å². The lowest BCUT2D eigenvalue weighted by Gasteiger charge is -2.16. The molecule has 1 aromatic heterocycles. The first-order valence-corrected chi connectivity index (χ1v) is 7.08. The number of unbranched alkanes of at least 4 members (excludes halogenated alkanes) is 1. The smallest absolute Gasteiger partial charge is 0.255 e. The second-order valence-electron chi connectivity index (χ2n) is 5.04. The van der Waals surface area contributed by atoms with Crippen LogP contribution < -0.4 is 0 Å². The molecule has 0 spiro atoms. The van der Waals surface area contributed by atoms with Crippen molar-refractivity contribution in [3.63, 3.8) is 0 Å². The minimum Gasteiger partial charge on any atom is -0.342 e. The number of nitrogens with zero attached hydrogens (tertiary/aromatic N) is 2. The zero-order valence-electron chi connectivity index (χ0n) is 12.1. The third-order valence-electron chi connectivity index (χ3n) is 3.37. The number of halogens is 1. The predicted octanol–water partition coefficient (Wildman–Crippen LogP) is 3.32. The summed E-state index contributed by atoms with van der Waals surface area (Å²) in [5.41, 5.74) is 1.73. The molecule has 0 radical (unpaired) electrons. The molecule has 4 heteroatoms. The van der Waals surface area contributed by atoms with E-state index in [-0.39, 0.29) is 5.91 Å². The van der Waals surface area contributed by atoms with Gasteiger partial charge in [0.15, 0.2) is 0 Å². The molecule has 0 saturated carbocycles. The van der Waals surface area contributed by atoms with Gasteiger partial charge in [0.2, 0.25) is 5.95 Å². The van der Waals surface area contributed by atoms with E-state index in [2.05, 4.69) is 17.1 Å². The Hall–Kier alpha value is -2.23. The Bertz CT molecular complexity index is 569. The summed E-state index contributed by atoms with van der Waals surface area (Å²) >= 11 is 0. The molecule has 1 amide bonds. The highest BCUT2D eigenvalue weighted by Crippen LogP contribution is 2.07. The average Bonchev–Trinajstić information content (AvgIpc) is 2.52. The van der Waals surface area contributed by atoms with E-state index in [1.165, 1.54) is 23.9 Å². The molecule has 0 bridgehead atoms. The highest BCUT2D eigenvalue weighted by Gasteiger charge is 2.11. The van der Waals surface area contributed by atoms with Crippen LogP contribution in [-0.2, 0) is 6.42 Å². The first-order chi connectivity index (χ1) is 10.2. The van der Waals surface area contributed by atoms with Crippen LogP contribution in [0.5, 0.6) is 0 Å². The van der Waals surface area contributed by atoms with Gasteiger partial charge < -0.3 is 4.90 Å². The summed E-state index contributed by atoms with van der Waals surface area (Å²) in [5, 5.41) is 0. The fourth-order valence-corrected chi connectivity index (χ4v) is 2.15. The van der Waals surface area contributed by atoms with Gasteiger partial charge >= 0.3 is 0 Å². The third-order valence-corrected chi connectivity index (χ3v) is 3.37. The van der Waals surface area contributed by atoms with Crippen molar-refractivity contribution in [1.82, 2.24) is 9.88 Å². The molecule has 0 aliphatic heterocycles. The summed E-state index contributed by atoms with van der Waals surface area (Å²) < 4.78 is 12.7. The van der Waals surface area contributed by atoms with Gasteiger partial charge in [-0.15, -0.1) is 0 Å². The summed E-state index contributed by atoms with van der Waals surface area (Å²) in [5.74, 6) is -0.695. The molecule has 0 fully saturated rings. The minimum absolute atomic E-state index is 0.123. The van der Waals surface area contributed by atoms with Gasteiger partial charge in [-0.05, 0) is 37.0 Å². The Morgan fingerprint density at radius 2 is 1.90 bits per heavy atom. The Kier molecular flexibility index (Phi) is 5.43. The topological polar surface area (TPSA) is 33.2 Å². The van der Waals surface area contributed by atoms with Crippen LogP contribution in [0.3, 0.4) is 0 Å². The molecule has 0 aliphatic rings. The highest BCUT2D eigenvalue weighted by molar-refractivity contribution is 5.93. The van der Waals surface area contributed by atoms with Crippen LogP contribution in [0.15, 0.2) is 48.7 Å². The minimum atomic E-state index is -0.572. The molecule has 0 saturated heterocycles. The fraction of sp³-hybridized carbons (Fsp3) is 0.294. The first kappa shape index (κ1) is 15.2. The molecule has 2 aromatic rings. The number of aryl methyl sites for hydroxylation is 1. The lowest BCUT2D eigenvalue weighted by molar-refractivity contribution is 0.0792. The van der Waals surface area contributed by atoms with Crippen molar-refractivity contribution in [3.05, 3.63) is 65.7 Å². The number of aromatic nitrogens is 1. The molecule has 0 aliphatic carbocycles. The van der Waals surface area contributed by atoms with E-state index >= 15 is 0 Å². The van der Waals surface area contributed by atoms with E-state index in [0.717, 1.165) is 19.3 Å². The lowest BCUT2D eigenvalue weighted by atomic mass is 10.1. The normalized spacial score (nSPS) is 10.4. The van der Waals surface area contributed by atoms with Crippen LogP contribution in [0, 0.1) is 5.95 Å². The lowest BCUT2D eigenvalue weighted by Crippen LogP contribution is -2.27. The molecule has 21 heavy (non-hydrogen) atoms. The summed E-state index contributed by atoms with van der Waals surface area (Å²) in [6.45, 7) is 0.684. The van der Waals surface area contributed by atoms with Gasteiger partial charge in [-0.25, -0.2) is 4.98 Å². The van der Waals surface area contributed by atoms with Crippen LogP contribution >= 0.6 is 0 Å². The monoisotopic (exact) mass is 286 g/mol. The number of carbonyl (C=O) groups is 1. The van der Waals surface area contributed by atoms with Gasteiger partial charge in [0.1, 0.15) is 0 Å². The van der Waals surface area contributed by atoms with E-state index in [0.29, 0.717) is 12.1 Å². The molecule has 3 nitrogen and oxygen atoms in total. The molecular weight excluding hydrogens is 267 g/mol. The van der Waals surface area contributed by atoms with Crippen molar-refractivity contribution in [2.75, 3.05) is 13.6 Å². The second-order valence-corrected chi connectivity index (χ2v) is 5.04. The zero-order valence-corrected chi connectivity index (χ0v) is 12.1. The quantitative estimate of drug-likeness (QED) is 0.603. The summed E-state index contributed by atoms with van der Waals surface area (Å²) in [4.78, 5) is 17.2. The van der Waals surface area contributed by atoms with Crippen molar-refractivity contribution < 1.29 is 9.18 Å². The maximum atomic E-state index is 12.7. The molecule has 0 atom stereocenters. The van der Waals surface area contributed by atoms with Gasteiger partial charge in [-0.2, -0.15) is 4.39 Å². The van der Waals surface area contributed by atoms with Crippen molar-refractivity contribution in [1.29, 1.82) is 0 Å². The SMILES string of the molecule is CN(CCCCc1ccccc1)C(=O)c1ccc(F)nc1. The van der Waals surface area contributed by atoms with E-state index in [9.17, 15) is 9.18 Å². The largest absolute Gasteiger partial charge is 0.342 e. The third kappa shape index (κ3) is 4.67. The molecule has 0 N–H and O–H groups in total. The van der Waals surface area contributed by atoms with Crippen LogP contribution in [0.2, 0.25) is 0 Å². The van der Waals surface area contributed by atoms with Crippen molar-refractivity contribution >= 4 is 5.91 Å². The number of rotatable bonds is 6. The number of amides is 1. The Morgan fingerprint density at radius 1 is 1.14 bits per heavy atom. The maximum Gasteiger partial charge on any atom is 0.255 e. The number of pyridine rings is 1. The zero-order chi connectivity index (χ0) is 15.1. The number of hydrogen-bond donors (Lipinski definition) is 0. The van der Waals surface area contributed by atoms with Crippen LogP contribution in [-0.4, -0.2) is 29.4 Å². The molecule has 0 unspecified atom stereocenters. The van der Waals surface area contributed by atoms with Gasteiger partial charge in [-0.3, -0.25) is 4.79 Å². The Labute approximate surface area is 124 Å². The van der Waals surface area contributed by atoms with Crippen molar-refractivity contribution in [3.8, 4) is 0 Å². The molecule has 2 rings (SSSR count). The second kappa shape index (κ2) is 7.53.